The van der Waals surface area contributed by atoms with Crippen molar-refractivity contribution in [1.82, 2.24) is 10.6 Å². The minimum absolute atomic E-state index is 0.0182. The highest BCUT2D eigenvalue weighted by Crippen LogP contribution is 2.38. The van der Waals surface area contributed by atoms with Gasteiger partial charge in [0, 0.05) is 19.1 Å². The van der Waals surface area contributed by atoms with Crippen LogP contribution in [0.25, 0.3) is 0 Å². The molecule has 0 radical (unpaired) electrons. The number of fused-ring (bicyclic) bond motifs is 3. The zero-order valence-electron chi connectivity index (χ0n) is 10.8. The van der Waals surface area contributed by atoms with E-state index < -0.39 is 17.6 Å². The smallest absolute Gasteiger partial charge is 0.348 e. The van der Waals surface area contributed by atoms with Gasteiger partial charge in [0.2, 0.25) is 0 Å². The van der Waals surface area contributed by atoms with Crippen LogP contribution in [0.5, 0.6) is 0 Å². The van der Waals surface area contributed by atoms with Gasteiger partial charge in [0.25, 0.3) is 5.91 Å². The Labute approximate surface area is 113 Å². The van der Waals surface area contributed by atoms with Crippen LogP contribution in [0.3, 0.4) is 0 Å². The summed E-state index contributed by atoms with van der Waals surface area (Å²) >= 11 is 0. The predicted molar refractivity (Wildman–Crippen MR) is 67.5 cm³/mol. The molecule has 1 fully saturated rings. The number of piperazine rings is 1. The Hall–Kier alpha value is -1.76. The van der Waals surface area contributed by atoms with Gasteiger partial charge in [-0.05, 0) is 19.1 Å². The molecule has 2 aliphatic heterocycles. The molecule has 2 heterocycles. The van der Waals surface area contributed by atoms with E-state index in [0.29, 0.717) is 18.8 Å². The minimum Gasteiger partial charge on any atom is -0.348 e. The average molecular weight is 285 g/mol. The SMILES string of the molecule is C[C@@H]1NCCN2c3cccc(C(F)(F)F)c3C(=O)NC12. The van der Waals surface area contributed by atoms with Gasteiger partial charge in [0.15, 0.2) is 0 Å². The van der Waals surface area contributed by atoms with Crippen molar-refractivity contribution in [3.05, 3.63) is 29.3 Å². The number of benzene rings is 1. The van der Waals surface area contributed by atoms with Gasteiger partial charge in [-0.25, -0.2) is 0 Å². The first-order valence-electron chi connectivity index (χ1n) is 6.40. The molecular weight excluding hydrogens is 271 g/mol. The average Bonchev–Trinajstić information content (AvgIpc) is 2.39. The fourth-order valence-corrected chi connectivity index (χ4v) is 2.87. The van der Waals surface area contributed by atoms with E-state index in [1.807, 2.05) is 11.8 Å². The lowest BCUT2D eigenvalue weighted by atomic mass is 9.97. The Balaban J connectivity index is 2.14. The summed E-state index contributed by atoms with van der Waals surface area (Å²) in [7, 11) is 0. The molecule has 0 spiro atoms. The molecule has 1 amide bonds. The third-order valence-electron chi connectivity index (χ3n) is 3.79. The van der Waals surface area contributed by atoms with Crippen LogP contribution in [0.4, 0.5) is 18.9 Å². The zero-order valence-corrected chi connectivity index (χ0v) is 10.8. The third kappa shape index (κ3) is 1.93. The second-order valence-corrected chi connectivity index (χ2v) is 5.05. The predicted octanol–water partition coefficient (Wildman–Crippen LogP) is 1.57. The van der Waals surface area contributed by atoms with E-state index in [1.165, 1.54) is 6.07 Å². The normalized spacial score (nSPS) is 25.8. The number of hydrogen-bond acceptors (Lipinski definition) is 3. The lowest BCUT2D eigenvalue weighted by Gasteiger charge is -2.46. The van der Waals surface area contributed by atoms with Crippen LogP contribution in [-0.2, 0) is 6.18 Å². The van der Waals surface area contributed by atoms with Gasteiger partial charge >= 0.3 is 6.18 Å². The molecule has 20 heavy (non-hydrogen) atoms. The van der Waals surface area contributed by atoms with Crippen molar-refractivity contribution in [1.29, 1.82) is 0 Å². The standard InChI is InChI=1S/C13H14F3N3O/c1-7-11-18-12(20)10-8(13(14,15)16)3-2-4-9(10)19(11)6-5-17-7/h2-4,7,11,17H,5-6H2,1H3,(H,18,20)/t7-,11?/m0/s1. The molecule has 7 heteroatoms. The van der Waals surface area contributed by atoms with Crippen molar-refractivity contribution < 1.29 is 18.0 Å². The summed E-state index contributed by atoms with van der Waals surface area (Å²) in [6.07, 6.45) is -4.85. The van der Waals surface area contributed by atoms with Gasteiger partial charge < -0.3 is 15.5 Å². The van der Waals surface area contributed by atoms with Crippen molar-refractivity contribution in [2.45, 2.75) is 25.3 Å². The second-order valence-electron chi connectivity index (χ2n) is 5.05. The highest BCUT2D eigenvalue weighted by atomic mass is 19.4. The summed E-state index contributed by atoms with van der Waals surface area (Å²) in [6, 6.07) is 3.86. The van der Waals surface area contributed by atoms with Gasteiger partial charge in [0.1, 0.15) is 6.17 Å². The molecule has 108 valence electrons. The van der Waals surface area contributed by atoms with Gasteiger partial charge in [-0.1, -0.05) is 6.07 Å². The first-order valence-corrected chi connectivity index (χ1v) is 6.40. The van der Waals surface area contributed by atoms with E-state index in [-0.39, 0.29) is 17.8 Å². The molecule has 0 bridgehead atoms. The molecule has 1 saturated heterocycles. The number of nitrogens with zero attached hydrogens (tertiary/aromatic N) is 1. The molecule has 1 aromatic carbocycles. The maximum Gasteiger partial charge on any atom is 0.417 e. The molecular formula is C13H14F3N3O. The summed E-state index contributed by atoms with van der Waals surface area (Å²) in [5.41, 5.74) is -0.788. The van der Waals surface area contributed by atoms with E-state index in [1.54, 1.807) is 6.07 Å². The van der Waals surface area contributed by atoms with Crippen molar-refractivity contribution in [2.24, 2.45) is 0 Å². The lowest BCUT2D eigenvalue weighted by Crippen LogP contribution is -2.66. The van der Waals surface area contributed by atoms with Gasteiger partial charge in [0.05, 0.1) is 16.8 Å². The number of anilines is 1. The van der Waals surface area contributed by atoms with Crippen LogP contribution in [0.15, 0.2) is 18.2 Å². The topological polar surface area (TPSA) is 44.4 Å². The summed E-state index contributed by atoms with van der Waals surface area (Å²) in [4.78, 5) is 13.9. The van der Waals surface area contributed by atoms with Crippen LogP contribution in [0, 0.1) is 0 Å². The third-order valence-corrected chi connectivity index (χ3v) is 3.79. The van der Waals surface area contributed by atoms with E-state index in [9.17, 15) is 18.0 Å². The fraction of sp³-hybridized carbons (Fsp3) is 0.462. The van der Waals surface area contributed by atoms with Gasteiger partial charge in [-0.3, -0.25) is 4.79 Å². The maximum absolute atomic E-state index is 13.0. The summed E-state index contributed by atoms with van der Waals surface area (Å²) < 4.78 is 39.1. The summed E-state index contributed by atoms with van der Waals surface area (Å²) in [6.45, 7) is 3.13. The molecule has 1 aromatic rings. The highest BCUT2D eigenvalue weighted by molar-refractivity contribution is 6.03. The van der Waals surface area contributed by atoms with Gasteiger partial charge in [-0.2, -0.15) is 13.2 Å². The van der Waals surface area contributed by atoms with E-state index in [4.69, 9.17) is 0 Å². The molecule has 0 saturated carbocycles. The summed E-state index contributed by atoms with van der Waals surface area (Å²) in [5.74, 6) is -0.662. The van der Waals surface area contributed by atoms with Crippen molar-refractivity contribution >= 4 is 11.6 Å². The fourth-order valence-electron chi connectivity index (χ4n) is 2.87. The number of amides is 1. The van der Waals surface area contributed by atoms with Crippen LogP contribution in [-0.4, -0.2) is 31.2 Å². The lowest BCUT2D eigenvalue weighted by molar-refractivity contribution is -0.138. The quantitative estimate of drug-likeness (QED) is 0.760. The van der Waals surface area contributed by atoms with Crippen molar-refractivity contribution in [3.63, 3.8) is 0 Å². The number of carbonyl (C=O) groups excluding carboxylic acids is 1. The van der Waals surface area contributed by atoms with Crippen LogP contribution >= 0.6 is 0 Å². The van der Waals surface area contributed by atoms with Crippen molar-refractivity contribution in [3.8, 4) is 0 Å². The van der Waals surface area contributed by atoms with Crippen LogP contribution in [0.2, 0.25) is 0 Å². The Morgan fingerprint density at radius 1 is 1.35 bits per heavy atom. The molecule has 2 atom stereocenters. The number of alkyl halides is 3. The zero-order chi connectivity index (χ0) is 14.5. The molecule has 4 nitrogen and oxygen atoms in total. The molecule has 3 rings (SSSR count). The number of carbonyl (C=O) groups is 1. The number of nitrogens with one attached hydrogen (secondary N) is 2. The van der Waals surface area contributed by atoms with E-state index >= 15 is 0 Å². The van der Waals surface area contributed by atoms with Crippen LogP contribution < -0.4 is 15.5 Å². The van der Waals surface area contributed by atoms with E-state index in [2.05, 4.69) is 10.6 Å². The van der Waals surface area contributed by atoms with Gasteiger partial charge in [-0.15, -0.1) is 0 Å². The number of halogens is 3. The molecule has 0 aromatic heterocycles. The monoisotopic (exact) mass is 285 g/mol. The van der Waals surface area contributed by atoms with Crippen LogP contribution in [0.1, 0.15) is 22.8 Å². The Morgan fingerprint density at radius 2 is 2.10 bits per heavy atom. The first kappa shape index (κ1) is 13.2. The molecule has 2 aliphatic rings. The maximum atomic E-state index is 13.0. The number of hydrogen-bond donors (Lipinski definition) is 2. The summed E-state index contributed by atoms with van der Waals surface area (Å²) in [5, 5.41) is 5.86. The Morgan fingerprint density at radius 3 is 2.80 bits per heavy atom. The van der Waals surface area contributed by atoms with Crippen molar-refractivity contribution in [2.75, 3.05) is 18.0 Å². The minimum atomic E-state index is -4.53. The molecule has 1 unspecified atom stereocenters. The number of rotatable bonds is 0. The Bertz CT molecular complexity index is 558. The first-order chi connectivity index (χ1) is 9.39. The second kappa shape index (κ2) is 4.37. The largest absolute Gasteiger partial charge is 0.417 e. The van der Waals surface area contributed by atoms with E-state index in [0.717, 1.165) is 6.07 Å². The molecule has 2 N–H and O–H groups in total. The Kier molecular flexibility index (Phi) is 2.89. The molecule has 0 aliphatic carbocycles. The highest BCUT2D eigenvalue weighted by Gasteiger charge is 2.42.